The minimum Gasteiger partial charge on any atom is -0.379 e. The summed E-state index contributed by atoms with van der Waals surface area (Å²) in [4.78, 5) is 27.8. The Morgan fingerprint density at radius 2 is 1.71 bits per heavy atom. The summed E-state index contributed by atoms with van der Waals surface area (Å²) >= 11 is 0. The highest BCUT2D eigenvalue weighted by Gasteiger charge is 2.28. The van der Waals surface area contributed by atoms with E-state index in [1.54, 1.807) is 6.07 Å². The number of ether oxygens (including phenoxy) is 1. The van der Waals surface area contributed by atoms with Gasteiger partial charge in [0.1, 0.15) is 0 Å². The molecule has 1 fully saturated rings. The quantitative estimate of drug-likeness (QED) is 0.742. The molecule has 1 heterocycles. The van der Waals surface area contributed by atoms with Crippen LogP contribution >= 0.6 is 0 Å². The van der Waals surface area contributed by atoms with Crippen LogP contribution in [0.25, 0.3) is 11.1 Å². The van der Waals surface area contributed by atoms with Gasteiger partial charge in [-0.1, -0.05) is 44.2 Å². The van der Waals surface area contributed by atoms with E-state index >= 15 is 0 Å². The molecule has 1 aliphatic carbocycles. The number of ketones is 1. The minimum absolute atomic E-state index is 0.00590. The number of nitrogens with zero attached hydrogens (tertiary/aromatic N) is 1. The third-order valence-corrected chi connectivity index (χ3v) is 5.74. The van der Waals surface area contributed by atoms with Gasteiger partial charge in [0.25, 0.3) is 5.91 Å². The molecule has 0 aromatic heterocycles. The van der Waals surface area contributed by atoms with E-state index < -0.39 is 0 Å². The summed E-state index contributed by atoms with van der Waals surface area (Å²) < 4.78 is 5.44. The zero-order valence-electron chi connectivity index (χ0n) is 16.4. The van der Waals surface area contributed by atoms with E-state index in [0.717, 1.165) is 37.4 Å². The molecule has 1 N–H and O–H groups in total. The smallest absolute Gasteiger partial charge is 0.251 e. The molecule has 1 aliphatic heterocycles. The lowest BCUT2D eigenvalue weighted by Gasteiger charge is -2.36. The second-order valence-electron chi connectivity index (χ2n) is 7.80. The highest BCUT2D eigenvalue weighted by molar-refractivity contribution is 6.22. The number of benzene rings is 2. The number of nitrogens with one attached hydrogen (secondary N) is 1. The second kappa shape index (κ2) is 7.86. The first-order valence-electron chi connectivity index (χ1n) is 9.94. The van der Waals surface area contributed by atoms with E-state index in [9.17, 15) is 9.59 Å². The van der Waals surface area contributed by atoms with Gasteiger partial charge in [0.15, 0.2) is 5.78 Å². The van der Waals surface area contributed by atoms with Gasteiger partial charge in [-0.25, -0.2) is 0 Å². The van der Waals surface area contributed by atoms with Crippen molar-refractivity contribution in [3.05, 3.63) is 59.2 Å². The lowest BCUT2D eigenvalue weighted by atomic mass is 10.0. The third-order valence-electron chi connectivity index (χ3n) is 5.74. The maximum Gasteiger partial charge on any atom is 0.251 e. The standard InChI is InChI=1S/C23H26N2O3/c1-15(2)21(25-9-11-28-12-10-25)14-24-23(27)16-7-8-18-17-5-3-4-6-19(17)22(26)20(18)13-16/h3-8,13,15,21H,9-12,14H2,1-2H3,(H,24,27). The van der Waals surface area contributed by atoms with E-state index in [4.69, 9.17) is 4.74 Å². The molecule has 0 spiro atoms. The van der Waals surface area contributed by atoms with Crippen LogP contribution in [0.1, 0.15) is 40.1 Å². The molecule has 2 aromatic carbocycles. The molecule has 2 aromatic rings. The molecule has 28 heavy (non-hydrogen) atoms. The van der Waals surface area contributed by atoms with Gasteiger partial charge in [0.05, 0.1) is 13.2 Å². The number of fused-ring (bicyclic) bond motifs is 3. The van der Waals surface area contributed by atoms with E-state index in [2.05, 4.69) is 24.1 Å². The van der Waals surface area contributed by atoms with Crippen LogP contribution in [0.3, 0.4) is 0 Å². The number of hydrogen-bond acceptors (Lipinski definition) is 4. The molecule has 5 heteroatoms. The van der Waals surface area contributed by atoms with Crippen LogP contribution in [0.2, 0.25) is 0 Å². The zero-order valence-corrected chi connectivity index (χ0v) is 16.4. The Balaban J connectivity index is 1.48. The molecule has 0 saturated carbocycles. The Morgan fingerprint density at radius 3 is 2.43 bits per heavy atom. The van der Waals surface area contributed by atoms with Gasteiger partial charge in [-0.3, -0.25) is 14.5 Å². The Morgan fingerprint density at radius 1 is 1.04 bits per heavy atom. The van der Waals surface area contributed by atoms with Crippen molar-refractivity contribution in [2.24, 2.45) is 5.92 Å². The first-order valence-corrected chi connectivity index (χ1v) is 9.94. The Kier molecular flexibility index (Phi) is 5.29. The summed E-state index contributed by atoms with van der Waals surface area (Å²) in [6, 6.07) is 13.3. The second-order valence-corrected chi connectivity index (χ2v) is 7.80. The van der Waals surface area contributed by atoms with Crippen molar-refractivity contribution in [3.63, 3.8) is 0 Å². The third kappa shape index (κ3) is 3.48. The zero-order chi connectivity index (χ0) is 19.7. The SMILES string of the molecule is CC(C)C(CNC(=O)c1ccc2c(c1)C(=O)c1ccccc1-2)N1CCOCC1. The molecule has 2 aliphatic rings. The van der Waals surface area contributed by atoms with E-state index in [-0.39, 0.29) is 17.7 Å². The van der Waals surface area contributed by atoms with E-state index in [1.165, 1.54) is 0 Å². The summed E-state index contributed by atoms with van der Waals surface area (Å²) in [6.45, 7) is 8.21. The van der Waals surface area contributed by atoms with Crippen molar-refractivity contribution >= 4 is 11.7 Å². The van der Waals surface area contributed by atoms with Crippen LogP contribution in [0, 0.1) is 5.92 Å². The topological polar surface area (TPSA) is 58.6 Å². The molecule has 4 rings (SSSR count). The summed E-state index contributed by atoms with van der Waals surface area (Å²) in [7, 11) is 0. The number of rotatable bonds is 5. The van der Waals surface area contributed by atoms with Crippen LogP contribution in [0.5, 0.6) is 0 Å². The van der Waals surface area contributed by atoms with Crippen LogP contribution in [0.4, 0.5) is 0 Å². The van der Waals surface area contributed by atoms with Crippen LogP contribution in [-0.2, 0) is 4.74 Å². The number of morpholine rings is 1. The Labute approximate surface area is 165 Å². The largest absolute Gasteiger partial charge is 0.379 e. The average Bonchev–Trinajstić information content (AvgIpc) is 3.01. The van der Waals surface area contributed by atoms with Gasteiger partial charge in [0.2, 0.25) is 0 Å². The summed E-state index contributed by atoms with van der Waals surface area (Å²) in [5.74, 6) is 0.286. The molecular formula is C23H26N2O3. The molecule has 0 bridgehead atoms. The van der Waals surface area contributed by atoms with Crippen molar-refractivity contribution in [1.29, 1.82) is 0 Å². The normalized spacial score (nSPS) is 17.3. The lowest BCUT2D eigenvalue weighted by molar-refractivity contribution is 0.00673. The van der Waals surface area contributed by atoms with Gasteiger partial charge in [0, 0.05) is 42.4 Å². The van der Waals surface area contributed by atoms with Gasteiger partial charge < -0.3 is 10.1 Å². The molecule has 1 saturated heterocycles. The van der Waals surface area contributed by atoms with Gasteiger partial charge >= 0.3 is 0 Å². The predicted molar refractivity (Wildman–Crippen MR) is 109 cm³/mol. The highest BCUT2D eigenvalue weighted by atomic mass is 16.5. The molecule has 146 valence electrons. The fourth-order valence-electron chi connectivity index (χ4n) is 4.16. The summed E-state index contributed by atoms with van der Waals surface area (Å²) in [6.07, 6.45) is 0. The molecular weight excluding hydrogens is 352 g/mol. The molecule has 0 radical (unpaired) electrons. The number of hydrogen-bond donors (Lipinski definition) is 1. The molecule has 1 amide bonds. The maximum absolute atomic E-state index is 12.8. The molecule has 1 unspecified atom stereocenters. The first-order chi connectivity index (χ1) is 13.6. The van der Waals surface area contributed by atoms with Crippen molar-refractivity contribution in [2.45, 2.75) is 19.9 Å². The molecule has 1 atom stereocenters. The number of amides is 1. The van der Waals surface area contributed by atoms with Gasteiger partial charge in [-0.2, -0.15) is 0 Å². The highest BCUT2D eigenvalue weighted by Crippen LogP contribution is 2.36. The van der Waals surface area contributed by atoms with Crippen molar-refractivity contribution in [3.8, 4) is 11.1 Å². The van der Waals surface area contributed by atoms with Crippen molar-refractivity contribution in [1.82, 2.24) is 10.2 Å². The minimum atomic E-state index is -0.134. The van der Waals surface area contributed by atoms with Gasteiger partial charge in [-0.05, 0) is 29.2 Å². The van der Waals surface area contributed by atoms with E-state index in [0.29, 0.717) is 29.2 Å². The number of carbonyl (C=O) groups is 2. The van der Waals surface area contributed by atoms with E-state index in [1.807, 2.05) is 36.4 Å². The maximum atomic E-state index is 12.8. The van der Waals surface area contributed by atoms with Gasteiger partial charge in [-0.15, -0.1) is 0 Å². The van der Waals surface area contributed by atoms with Crippen molar-refractivity contribution < 1.29 is 14.3 Å². The lowest BCUT2D eigenvalue weighted by Crippen LogP contribution is -2.51. The van der Waals surface area contributed by atoms with Crippen molar-refractivity contribution in [2.75, 3.05) is 32.8 Å². The molecule has 5 nitrogen and oxygen atoms in total. The van der Waals surface area contributed by atoms with Crippen LogP contribution in [-0.4, -0.2) is 55.5 Å². The van der Waals surface area contributed by atoms with Crippen LogP contribution < -0.4 is 5.32 Å². The number of carbonyl (C=O) groups excluding carboxylic acids is 2. The fourth-order valence-corrected chi connectivity index (χ4v) is 4.16. The average molecular weight is 378 g/mol. The fraction of sp³-hybridized carbons (Fsp3) is 0.391. The van der Waals surface area contributed by atoms with Crippen LogP contribution in [0.15, 0.2) is 42.5 Å². The monoisotopic (exact) mass is 378 g/mol. The Hall–Kier alpha value is -2.50. The predicted octanol–water partition coefficient (Wildman–Crippen LogP) is 2.98. The first kappa shape index (κ1) is 18.8. The summed E-state index contributed by atoms with van der Waals surface area (Å²) in [5, 5.41) is 3.07. The summed E-state index contributed by atoms with van der Waals surface area (Å²) in [5.41, 5.74) is 3.71. The Bertz CT molecular complexity index is 900.